The van der Waals surface area contributed by atoms with Crippen LogP contribution in [0, 0.1) is 5.82 Å². The van der Waals surface area contributed by atoms with Gasteiger partial charge in [-0.2, -0.15) is 0 Å². The number of halogens is 1. The molecule has 0 amide bonds. The summed E-state index contributed by atoms with van der Waals surface area (Å²) in [5.41, 5.74) is 0.796. The highest BCUT2D eigenvalue weighted by Gasteiger charge is 2.18. The summed E-state index contributed by atoms with van der Waals surface area (Å²) in [4.78, 5) is 2.68. The fraction of sp³-hybridized carbons (Fsp3) is 0.391. The van der Waals surface area contributed by atoms with E-state index in [2.05, 4.69) is 15.1 Å². The standard InChI is InChI=1S/C23H27FN4O3S2/c24-20-9-7-19(8-10-20)22-25-26-23(28(22)12-11-27-13-15-31-16-14-27)32-17-4-18-33(29,30)21-5-2-1-3-6-21/h1-3,5-10H,4,11-18H2. The number of hydrogen-bond donors (Lipinski definition) is 0. The number of hydrogen-bond acceptors (Lipinski definition) is 7. The number of rotatable bonds is 10. The molecule has 0 saturated carbocycles. The molecule has 2 heterocycles. The first-order valence-corrected chi connectivity index (χ1v) is 13.6. The van der Waals surface area contributed by atoms with Crippen molar-refractivity contribution in [1.82, 2.24) is 19.7 Å². The number of aromatic nitrogens is 3. The maximum atomic E-state index is 13.4. The van der Waals surface area contributed by atoms with Gasteiger partial charge in [-0.15, -0.1) is 10.2 Å². The van der Waals surface area contributed by atoms with E-state index >= 15 is 0 Å². The quantitative estimate of drug-likeness (QED) is 0.319. The van der Waals surface area contributed by atoms with Crippen LogP contribution in [0.5, 0.6) is 0 Å². The summed E-state index contributed by atoms with van der Waals surface area (Å²) in [6.45, 7) is 4.73. The molecule has 4 rings (SSSR count). The molecule has 0 radical (unpaired) electrons. The van der Waals surface area contributed by atoms with E-state index in [4.69, 9.17) is 4.74 Å². The van der Waals surface area contributed by atoms with Crippen molar-refractivity contribution in [2.75, 3.05) is 44.4 Å². The zero-order valence-electron chi connectivity index (χ0n) is 18.3. The molecule has 2 aromatic carbocycles. The van der Waals surface area contributed by atoms with Crippen LogP contribution in [0.4, 0.5) is 4.39 Å². The van der Waals surface area contributed by atoms with Gasteiger partial charge >= 0.3 is 0 Å². The van der Waals surface area contributed by atoms with Crippen molar-refractivity contribution >= 4 is 21.6 Å². The third kappa shape index (κ3) is 6.41. The summed E-state index contributed by atoms with van der Waals surface area (Å²) in [6, 6.07) is 14.7. The van der Waals surface area contributed by atoms with E-state index in [0.29, 0.717) is 29.4 Å². The van der Waals surface area contributed by atoms with E-state index in [1.807, 2.05) is 4.57 Å². The fourth-order valence-corrected chi connectivity index (χ4v) is 6.05. The minimum atomic E-state index is -3.30. The lowest BCUT2D eigenvalue weighted by Gasteiger charge is -2.27. The first kappa shape index (κ1) is 23.9. The van der Waals surface area contributed by atoms with E-state index < -0.39 is 9.84 Å². The second kappa shape index (κ2) is 11.2. The van der Waals surface area contributed by atoms with Crippen LogP contribution in [-0.4, -0.2) is 72.4 Å². The Morgan fingerprint density at radius 2 is 1.70 bits per heavy atom. The predicted molar refractivity (Wildman–Crippen MR) is 127 cm³/mol. The Bertz CT molecular complexity index is 1130. The highest BCUT2D eigenvalue weighted by molar-refractivity contribution is 7.99. The van der Waals surface area contributed by atoms with Crippen molar-refractivity contribution in [2.24, 2.45) is 0 Å². The minimum absolute atomic E-state index is 0.0801. The van der Waals surface area contributed by atoms with Crippen LogP contribution in [0.15, 0.2) is 64.6 Å². The zero-order valence-corrected chi connectivity index (χ0v) is 19.9. The van der Waals surface area contributed by atoms with E-state index in [0.717, 1.165) is 43.6 Å². The smallest absolute Gasteiger partial charge is 0.191 e. The van der Waals surface area contributed by atoms with Crippen LogP contribution in [0.25, 0.3) is 11.4 Å². The van der Waals surface area contributed by atoms with Crippen molar-refractivity contribution < 1.29 is 17.5 Å². The molecule has 0 bridgehead atoms. The third-order valence-corrected chi connectivity index (χ3v) is 8.32. The molecule has 0 atom stereocenters. The van der Waals surface area contributed by atoms with E-state index in [9.17, 15) is 12.8 Å². The van der Waals surface area contributed by atoms with Crippen molar-refractivity contribution in [2.45, 2.75) is 23.0 Å². The van der Waals surface area contributed by atoms with E-state index in [1.54, 1.807) is 42.5 Å². The largest absolute Gasteiger partial charge is 0.379 e. The minimum Gasteiger partial charge on any atom is -0.379 e. The van der Waals surface area contributed by atoms with Gasteiger partial charge in [-0.3, -0.25) is 4.90 Å². The third-order valence-electron chi connectivity index (χ3n) is 5.45. The van der Waals surface area contributed by atoms with Gasteiger partial charge in [0.15, 0.2) is 20.8 Å². The summed E-state index contributed by atoms with van der Waals surface area (Å²) in [6.07, 6.45) is 0.504. The van der Waals surface area contributed by atoms with Gasteiger partial charge in [0.1, 0.15) is 5.82 Å². The van der Waals surface area contributed by atoms with Gasteiger partial charge in [0.2, 0.25) is 0 Å². The van der Waals surface area contributed by atoms with E-state index in [1.165, 1.54) is 23.9 Å². The SMILES string of the molecule is O=S(=O)(CCCSc1nnc(-c2ccc(F)cc2)n1CCN1CCOCC1)c1ccccc1. The molecule has 7 nitrogen and oxygen atoms in total. The molecular weight excluding hydrogens is 463 g/mol. The Labute approximate surface area is 197 Å². The van der Waals surface area contributed by atoms with Crippen LogP contribution < -0.4 is 0 Å². The van der Waals surface area contributed by atoms with Crippen LogP contribution >= 0.6 is 11.8 Å². The number of benzene rings is 2. The Morgan fingerprint density at radius 3 is 2.42 bits per heavy atom. The highest BCUT2D eigenvalue weighted by atomic mass is 32.2. The van der Waals surface area contributed by atoms with Gasteiger partial charge in [0.25, 0.3) is 0 Å². The summed E-state index contributed by atoms with van der Waals surface area (Å²) in [5.74, 6) is 1.07. The molecule has 0 N–H and O–H groups in total. The number of morpholine rings is 1. The number of sulfone groups is 1. The molecule has 1 aromatic heterocycles. The lowest BCUT2D eigenvalue weighted by molar-refractivity contribution is 0.0361. The Hall–Kier alpha value is -2.27. The molecule has 1 aliphatic heterocycles. The molecule has 1 fully saturated rings. The molecule has 0 spiro atoms. The summed E-state index contributed by atoms with van der Waals surface area (Å²) in [5, 5.41) is 9.46. The van der Waals surface area contributed by atoms with Gasteiger partial charge in [-0.25, -0.2) is 12.8 Å². The molecule has 0 aliphatic carbocycles. The van der Waals surface area contributed by atoms with Crippen LogP contribution in [-0.2, 0) is 21.1 Å². The lowest BCUT2D eigenvalue weighted by Crippen LogP contribution is -2.38. The Kier molecular flexibility index (Phi) is 8.13. The number of ether oxygens (including phenoxy) is 1. The second-order valence-electron chi connectivity index (χ2n) is 7.75. The highest BCUT2D eigenvalue weighted by Crippen LogP contribution is 2.25. The van der Waals surface area contributed by atoms with Crippen LogP contribution in [0.3, 0.4) is 0 Å². The van der Waals surface area contributed by atoms with Gasteiger partial charge in [0.05, 0.1) is 23.9 Å². The van der Waals surface area contributed by atoms with Crippen molar-refractivity contribution in [1.29, 1.82) is 0 Å². The van der Waals surface area contributed by atoms with Crippen LogP contribution in [0.2, 0.25) is 0 Å². The Balaban J connectivity index is 1.43. The molecule has 1 aliphatic rings. The molecule has 3 aromatic rings. The summed E-state index contributed by atoms with van der Waals surface area (Å²) >= 11 is 1.50. The van der Waals surface area contributed by atoms with Gasteiger partial charge in [-0.1, -0.05) is 30.0 Å². The van der Waals surface area contributed by atoms with Crippen molar-refractivity contribution in [3.8, 4) is 11.4 Å². The maximum absolute atomic E-state index is 13.4. The molecule has 1 saturated heterocycles. The lowest BCUT2D eigenvalue weighted by atomic mass is 10.2. The fourth-order valence-electron chi connectivity index (χ4n) is 3.63. The van der Waals surface area contributed by atoms with Gasteiger partial charge in [-0.05, 0) is 42.8 Å². The monoisotopic (exact) mass is 490 g/mol. The first-order valence-electron chi connectivity index (χ1n) is 10.9. The predicted octanol–water partition coefficient (Wildman–Crippen LogP) is 3.37. The molecule has 33 heavy (non-hydrogen) atoms. The number of nitrogens with zero attached hydrogens (tertiary/aromatic N) is 4. The van der Waals surface area contributed by atoms with E-state index in [-0.39, 0.29) is 11.6 Å². The topological polar surface area (TPSA) is 77.3 Å². The first-order chi connectivity index (χ1) is 16.0. The summed E-state index contributed by atoms with van der Waals surface area (Å²) in [7, 11) is -3.30. The normalized spacial score (nSPS) is 15.1. The van der Waals surface area contributed by atoms with Gasteiger partial charge in [0, 0.05) is 37.5 Å². The van der Waals surface area contributed by atoms with Crippen LogP contribution in [0.1, 0.15) is 6.42 Å². The molecule has 176 valence electrons. The molecule has 0 unspecified atom stereocenters. The second-order valence-corrected chi connectivity index (χ2v) is 10.9. The number of thioether (sulfide) groups is 1. The van der Waals surface area contributed by atoms with Gasteiger partial charge < -0.3 is 9.30 Å². The zero-order chi connectivity index (χ0) is 23.1. The maximum Gasteiger partial charge on any atom is 0.191 e. The molecule has 10 heteroatoms. The van der Waals surface area contributed by atoms with Crippen molar-refractivity contribution in [3.63, 3.8) is 0 Å². The average molecular weight is 491 g/mol. The Morgan fingerprint density at radius 1 is 0.970 bits per heavy atom. The molecular formula is C23H27FN4O3S2. The van der Waals surface area contributed by atoms with Crippen molar-refractivity contribution in [3.05, 3.63) is 60.4 Å². The summed E-state index contributed by atoms with van der Waals surface area (Å²) < 4.78 is 45.9. The average Bonchev–Trinajstić information content (AvgIpc) is 3.25.